The molecule has 1 atom stereocenters. The van der Waals surface area contributed by atoms with E-state index in [0.29, 0.717) is 11.6 Å². The van der Waals surface area contributed by atoms with Crippen molar-refractivity contribution in [3.63, 3.8) is 0 Å². The molecule has 2 aromatic rings. The molecule has 0 aliphatic heterocycles. The van der Waals surface area contributed by atoms with Gasteiger partial charge in [-0.25, -0.2) is 4.39 Å². The predicted octanol–water partition coefficient (Wildman–Crippen LogP) is 2.96. The van der Waals surface area contributed by atoms with Crippen molar-refractivity contribution in [1.29, 1.82) is 0 Å². The van der Waals surface area contributed by atoms with Gasteiger partial charge in [-0.1, -0.05) is 6.92 Å². The van der Waals surface area contributed by atoms with Crippen LogP contribution in [0.5, 0.6) is 0 Å². The lowest BCUT2D eigenvalue weighted by Crippen LogP contribution is -2.30. The molecule has 0 radical (unpaired) electrons. The largest absolute Gasteiger partial charge is 0.321 e. The Kier molecular flexibility index (Phi) is 3.48. The first-order valence-electron chi connectivity index (χ1n) is 6.07. The summed E-state index contributed by atoms with van der Waals surface area (Å²) in [5.74, 6) is -0.140. The SMILES string of the molecule is CCN(C)C(C)Cc1ccn2cccc(F)c12. The van der Waals surface area contributed by atoms with Gasteiger partial charge in [0.15, 0.2) is 0 Å². The maximum atomic E-state index is 13.8. The maximum Gasteiger partial charge on any atom is 0.147 e. The highest BCUT2D eigenvalue weighted by atomic mass is 19.1. The second kappa shape index (κ2) is 4.88. The summed E-state index contributed by atoms with van der Waals surface area (Å²) < 4.78 is 15.6. The molecule has 0 bridgehead atoms. The molecule has 2 rings (SSSR count). The molecule has 0 spiro atoms. The Bertz CT molecular complexity index is 504. The molecule has 1 unspecified atom stereocenters. The second-order valence-corrected chi connectivity index (χ2v) is 4.58. The van der Waals surface area contributed by atoms with Gasteiger partial charge < -0.3 is 9.30 Å². The van der Waals surface area contributed by atoms with Crippen molar-refractivity contribution in [2.24, 2.45) is 0 Å². The van der Waals surface area contributed by atoms with Crippen LogP contribution >= 0.6 is 0 Å². The molecule has 0 aliphatic carbocycles. The molecule has 17 heavy (non-hydrogen) atoms. The van der Waals surface area contributed by atoms with Gasteiger partial charge in [-0.05, 0) is 50.7 Å². The summed E-state index contributed by atoms with van der Waals surface area (Å²) in [6.45, 7) is 5.32. The lowest BCUT2D eigenvalue weighted by Gasteiger charge is -2.22. The van der Waals surface area contributed by atoms with Gasteiger partial charge >= 0.3 is 0 Å². The second-order valence-electron chi connectivity index (χ2n) is 4.58. The van der Waals surface area contributed by atoms with Crippen LogP contribution in [0.4, 0.5) is 4.39 Å². The molecule has 0 amide bonds. The van der Waals surface area contributed by atoms with Crippen LogP contribution in [0.1, 0.15) is 19.4 Å². The fourth-order valence-corrected chi connectivity index (χ4v) is 2.14. The number of hydrogen-bond acceptors (Lipinski definition) is 1. The molecular formula is C14H19FN2. The lowest BCUT2D eigenvalue weighted by atomic mass is 10.1. The van der Waals surface area contributed by atoms with Crippen molar-refractivity contribution >= 4 is 5.52 Å². The Balaban J connectivity index is 2.30. The quantitative estimate of drug-likeness (QED) is 0.789. The summed E-state index contributed by atoms with van der Waals surface area (Å²) in [5, 5.41) is 0. The molecule has 2 aromatic heterocycles. The average Bonchev–Trinajstić information content (AvgIpc) is 2.72. The zero-order chi connectivity index (χ0) is 12.4. The molecular weight excluding hydrogens is 215 g/mol. The first-order valence-corrected chi connectivity index (χ1v) is 6.07. The smallest absolute Gasteiger partial charge is 0.147 e. The van der Waals surface area contributed by atoms with Crippen LogP contribution in [-0.2, 0) is 6.42 Å². The first kappa shape index (κ1) is 12.1. The molecule has 2 nitrogen and oxygen atoms in total. The summed E-state index contributed by atoms with van der Waals surface area (Å²) in [4.78, 5) is 2.27. The summed E-state index contributed by atoms with van der Waals surface area (Å²) in [7, 11) is 2.10. The Morgan fingerprint density at radius 1 is 1.35 bits per heavy atom. The lowest BCUT2D eigenvalue weighted by molar-refractivity contribution is 0.270. The summed E-state index contributed by atoms with van der Waals surface area (Å²) in [5.41, 5.74) is 1.79. The highest BCUT2D eigenvalue weighted by molar-refractivity contribution is 5.57. The summed E-state index contributed by atoms with van der Waals surface area (Å²) in [6, 6.07) is 5.69. The van der Waals surface area contributed by atoms with Gasteiger partial charge in [-0.15, -0.1) is 0 Å². The third kappa shape index (κ3) is 2.34. The molecule has 0 aromatic carbocycles. The molecule has 2 heterocycles. The zero-order valence-electron chi connectivity index (χ0n) is 10.7. The van der Waals surface area contributed by atoms with E-state index in [9.17, 15) is 4.39 Å². The minimum atomic E-state index is -0.140. The van der Waals surface area contributed by atoms with Crippen LogP contribution in [0.25, 0.3) is 5.52 Å². The number of halogens is 1. The molecule has 3 heteroatoms. The fraction of sp³-hybridized carbons (Fsp3) is 0.429. The van der Waals surface area contributed by atoms with Gasteiger partial charge in [0.25, 0.3) is 0 Å². The number of nitrogens with zero attached hydrogens (tertiary/aromatic N) is 2. The van der Waals surface area contributed by atoms with Crippen molar-refractivity contribution in [2.75, 3.05) is 13.6 Å². The molecule has 0 N–H and O–H groups in total. The Morgan fingerprint density at radius 3 is 2.82 bits per heavy atom. The van der Waals surface area contributed by atoms with E-state index in [1.165, 1.54) is 6.07 Å². The van der Waals surface area contributed by atoms with Crippen molar-refractivity contribution in [1.82, 2.24) is 9.30 Å². The highest BCUT2D eigenvalue weighted by Gasteiger charge is 2.13. The van der Waals surface area contributed by atoms with Crippen molar-refractivity contribution in [3.05, 3.63) is 42.0 Å². The van der Waals surface area contributed by atoms with Crippen LogP contribution in [0, 0.1) is 5.82 Å². The van der Waals surface area contributed by atoms with Crippen LogP contribution in [0.3, 0.4) is 0 Å². The van der Waals surface area contributed by atoms with E-state index in [1.807, 2.05) is 22.9 Å². The van der Waals surface area contributed by atoms with Crippen LogP contribution < -0.4 is 0 Å². The number of hydrogen-bond donors (Lipinski definition) is 0. The summed E-state index contributed by atoms with van der Waals surface area (Å²) in [6.07, 6.45) is 4.68. The monoisotopic (exact) mass is 234 g/mol. The van der Waals surface area contributed by atoms with Gasteiger partial charge in [0.05, 0.1) is 5.52 Å². The van der Waals surface area contributed by atoms with Gasteiger partial charge in [0.2, 0.25) is 0 Å². The van der Waals surface area contributed by atoms with E-state index in [0.717, 1.165) is 18.5 Å². The molecule has 0 aliphatic rings. The molecule has 0 saturated carbocycles. The van der Waals surface area contributed by atoms with E-state index in [4.69, 9.17) is 0 Å². The fourth-order valence-electron chi connectivity index (χ4n) is 2.14. The Hall–Kier alpha value is -1.35. The van der Waals surface area contributed by atoms with Crippen molar-refractivity contribution < 1.29 is 4.39 Å². The predicted molar refractivity (Wildman–Crippen MR) is 68.8 cm³/mol. The standard InChI is InChI=1S/C14H19FN2/c1-4-16(3)11(2)10-12-7-9-17-8-5-6-13(15)14(12)17/h5-9,11H,4,10H2,1-3H3. The molecule has 0 saturated heterocycles. The molecule has 92 valence electrons. The zero-order valence-corrected chi connectivity index (χ0v) is 10.7. The van der Waals surface area contributed by atoms with E-state index < -0.39 is 0 Å². The normalized spacial score (nSPS) is 13.5. The van der Waals surface area contributed by atoms with Crippen molar-refractivity contribution in [2.45, 2.75) is 26.3 Å². The third-order valence-corrected chi connectivity index (χ3v) is 3.48. The number of pyridine rings is 1. The minimum absolute atomic E-state index is 0.140. The topological polar surface area (TPSA) is 7.65 Å². The van der Waals surface area contributed by atoms with Crippen molar-refractivity contribution in [3.8, 4) is 0 Å². The first-order chi connectivity index (χ1) is 8.13. The number of likely N-dealkylation sites (N-methyl/N-ethyl adjacent to an activating group) is 1. The minimum Gasteiger partial charge on any atom is -0.321 e. The Labute approximate surface area is 102 Å². The van der Waals surface area contributed by atoms with Gasteiger partial charge in [0.1, 0.15) is 5.82 Å². The van der Waals surface area contributed by atoms with Crippen LogP contribution in [0.2, 0.25) is 0 Å². The Morgan fingerprint density at radius 2 is 2.12 bits per heavy atom. The van der Waals surface area contributed by atoms with Crippen LogP contribution in [0.15, 0.2) is 30.6 Å². The average molecular weight is 234 g/mol. The van der Waals surface area contributed by atoms with E-state index >= 15 is 0 Å². The number of aromatic nitrogens is 1. The summed E-state index contributed by atoms with van der Waals surface area (Å²) >= 11 is 0. The van der Waals surface area contributed by atoms with E-state index in [1.54, 1.807) is 6.07 Å². The van der Waals surface area contributed by atoms with E-state index in [-0.39, 0.29) is 5.82 Å². The van der Waals surface area contributed by atoms with Crippen LogP contribution in [-0.4, -0.2) is 28.9 Å². The third-order valence-electron chi connectivity index (χ3n) is 3.48. The highest BCUT2D eigenvalue weighted by Crippen LogP contribution is 2.19. The number of fused-ring (bicyclic) bond motifs is 1. The number of rotatable bonds is 4. The van der Waals surface area contributed by atoms with Gasteiger partial charge in [-0.2, -0.15) is 0 Å². The van der Waals surface area contributed by atoms with Gasteiger partial charge in [-0.3, -0.25) is 0 Å². The van der Waals surface area contributed by atoms with Gasteiger partial charge in [0, 0.05) is 18.4 Å². The van der Waals surface area contributed by atoms with E-state index in [2.05, 4.69) is 25.8 Å². The maximum absolute atomic E-state index is 13.8. The molecule has 0 fully saturated rings.